The van der Waals surface area contributed by atoms with E-state index in [4.69, 9.17) is 15.2 Å². The van der Waals surface area contributed by atoms with Crippen LogP contribution in [0.1, 0.15) is 27.2 Å². The molecule has 2 aliphatic rings. The minimum Gasteiger partial charge on any atom is -0.444 e. The second-order valence-electron chi connectivity index (χ2n) is 6.25. The first-order chi connectivity index (χ1) is 8.40. The van der Waals surface area contributed by atoms with Crippen molar-refractivity contribution in [3.63, 3.8) is 0 Å². The van der Waals surface area contributed by atoms with Gasteiger partial charge in [0.25, 0.3) is 0 Å². The number of carbonyl (C=O) groups is 1. The Morgan fingerprint density at radius 3 is 2.83 bits per heavy atom. The number of rotatable bonds is 1. The second-order valence-corrected chi connectivity index (χ2v) is 6.25. The molecule has 2 heterocycles. The fraction of sp³-hybridized carbons (Fsp3) is 0.923. The van der Waals surface area contributed by atoms with Crippen LogP contribution < -0.4 is 5.73 Å². The summed E-state index contributed by atoms with van der Waals surface area (Å²) in [5.41, 5.74) is 5.26. The molecule has 1 amide bonds. The molecule has 0 aromatic carbocycles. The smallest absolute Gasteiger partial charge is 0.410 e. The van der Waals surface area contributed by atoms with Gasteiger partial charge in [0, 0.05) is 25.6 Å². The molecule has 104 valence electrons. The van der Waals surface area contributed by atoms with Gasteiger partial charge in [-0.05, 0) is 33.1 Å². The topological polar surface area (TPSA) is 64.8 Å². The van der Waals surface area contributed by atoms with E-state index in [1.807, 2.05) is 20.8 Å². The van der Waals surface area contributed by atoms with Crippen molar-refractivity contribution in [2.45, 2.75) is 38.9 Å². The molecule has 0 saturated carbocycles. The van der Waals surface area contributed by atoms with Crippen LogP contribution >= 0.6 is 0 Å². The molecule has 18 heavy (non-hydrogen) atoms. The fourth-order valence-electron chi connectivity index (χ4n) is 2.82. The molecule has 2 fully saturated rings. The van der Waals surface area contributed by atoms with Crippen LogP contribution in [0, 0.1) is 11.8 Å². The number of nitrogens with two attached hydrogens (primary N) is 1. The molecular formula is C13H24N2O3. The Kier molecular flexibility index (Phi) is 3.82. The maximum absolute atomic E-state index is 12.0. The Morgan fingerprint density at radius 2 is 2.22 bits per heavy atom. The lowest BCUT2D eigenvalue weighted by atomic mass is 9.84. The third-order valence-electron chi connectivity index (χ3n) is 3.68. The number of hydrogen-bond acceptors (Lipinski definition) is 4. The average molecular weight is 256 g/mol. The Hall–Kier alpha value is -0.810. The van der Waals surface area contributed by atoms with Crippen molar-refractivity contribution in [1.29, 1.82) is 0 Å². The highest BCUT2D eigenvalue weighted by atomic mass is 16.6. The van der Waals surface area contributed by atoms with Crippen molar-refractivity contribution >= 4 is 6.09 Å². The van der Waals surface area contributed by atoms with Crippen molar-refractivity contribution in [2.75, 3.05) is 26.2 Å². The summed E-state index contributed by atoms with van der Waals surface area (Å²) in [4.78, 5) is 13.8. The minimum atomic E-state index is -0.431. The lowest BCUT2D eigenvalue weighted by Gasteiger charge is -2.36. The van der Waals surface area contributed by atoms with Crippen LogP contribution in [-0.4, -0.2) is 48.9 Å². The minimum absolute atomic E-state index is 0.177. The summed E-state index contributed by atoms with van der Waals surface area (Å²) in [7, 11) is 0. The van der Waals surface area contributed by atoms with E-state index in [0.29, 0.717) is 25.0 Å². The molecule has 5 nitrogen and oxygen atoms in total. The van der Waals surface area contributed by atoms with Crippen LogP contribution in [0.25, 0.3) is 0 Å². The molecule has 0 aromatic rings. The zero-order valence-electron chi connectivity index (χ0n) is 11.5. The molecule has 2 aliphatic heterocycles. The Bertz CT molecular complexity index is 314. The molecule has 2 rings (SSSR count). The molecule has 2 saturated heterocycles. The van der Waals surface area contributed by atoms with Crippen LogP contribution in [-0.2, 0) is 9.47 Å². The first-order valence-electron chi connectivity index (χ1n) is 6.70. The van der Waals surface area contributed by atoms with E-state index < -0.39 is 5.60 Å². The zero-order valence-corrected chi connectivity index (χ0v) is 11.5. The number of likely N-dealkylation sites (tertiary alicyclic amines) is 1. The summed E-state index contributed by atoms with van der Waals surface area (Å²) in [6.45, 7) is 8.44. The quantitative estimate of drug-likeness (QED) is 0.766. The van der Waals surface area contributed by atoms with Gasteiger partial charge in [-0.3, -0.25) is 0 Å². The predicted octanol–water partition coefficient (Wildman–Crippen LogP) is 1.22. The maximum Gasteiger partial charge on any atom is 0.410 e. The Morgan fingerprint density at radius 1 is 1.50 bits per heavy atom. The van der Waals surface area contributed by atoms with E-state index in [1.165, 1.54) is 0 Å². The number of ether oxygens (including phenoxy) is 2. The fourth-order valence-corrected chi connectivity index (χ4v) is 2.82. The third-order valence-corrected chi connectivity index (χ3v) is 3.68. The normalized spacial score (nSPS) is 32.2. The van der Waals surface area contributed by atoms with Crippen LogP contribution in [0.5, 0.6) is 0 Å². The van der Waals surface area contributed by atoms with Gasteiger partial charge in [0.1, 0.15) is 5.60 Å². The van der Waals surface area contributed by atoms with Crippen molar-refractivity contribution in [2.24, 2.45) is 17.6 Å². The van der Waals surface area contributed by atoms with Crippen LogP contribution in [0.3, 0.4) is 0 Å². The molecule has 3 atom stereocenters. The van der Waals surface area contributed by atoms with E-state index in [9.17, 15) is 4.79 Å². The molecule has 1 unspecified atom stereocenters. The van der Waals surface area contributed by atoms with Crippen molar-refractivity contribution < 1.29 is 14.3 Å². The zero-order chi connectivity index (χ0) is 13.3. The molecule has 0 aliphatic carbocycles. The van der Waals surface area contributed by atoms with Gasteiger partial charge in [0.2, 0.25) is 0 Å². The van der Waals surface area contributed by atoms with Crippen molar-refractivity contribution in [3.8, 4) is 0 Å². The number of nitrogens with zero attached hydrogens (tertiary/aromatic N) is 1. The third kappa shape index (κ3) is 2.95. The standard InChI is InChI=1S/C13H24N2O3/c1-13(2,3)18-12(16)15-5-4-10-9(7-15)8-17-11(10)6-14/h9-11H,4-8,14H2,1-3H3/t9-,10+,11?/m0/s1. The van der Waals surface area contributed by atoms with Crippen LogP contribution in [0.4, 0.5) is 4.79 Å². The summed E-state index contributed by atoms with van der Waals surface area (Å²) >= 11 is 0. The molecule has 0 bridgehead atoms. The lowest BCUT2D eigenvalue weighted by molar-refractivity contribution is 0.0127. The number of carbonyl (C=O) groups excluding carboxylic acids is 1. The number of amides is 1. The van der Waals surface area contributed by atoms with E-state index in [1.54, 1.807) is 4.90 Å². The van der Waals surface area contributed by atoms with Crippen molar-refractivity contribution in [3.05, 3.63) is 0 Å². The molecule has 5 heteroatoms. The summed E-state index contributed by atoms with van der Waals surface area (Å²) in [5.74, 6) is 0.925. The SMILES string of the molecule is CC(C)(C)OC(=O)N1CC[C@H]2C(CN)OC[C@@H]2C1. The van der Waals surface area contributed by atoms with Gasteiger partial charge in [-0.15, -0.1) is 0 Å². The number of fused-ring (bicyclic) bond motifs is 1. The largest absolute Gasteiger partial charge is 0.444 e. The Labute approximate surface area is 109 Å². The summed E-state index contributed by atoms with van der Waals surface area (Å²) in [6, 6.07) is 0. The predicted molar refractivity (Wildman–Crippen MR) is 68.2 cm³/mol. The highest BCUT2D eigenvalue weighted by Crippen LogP contribution is 2.34. The molecular weight excluding hydrogens is 232 g/mol. The lowest BCUT2D eigenvalue weighted by Crippen LogP contribution is -2.47. The maximum atomic E-state index is 12.0. The molecule has 0 spiro atoms. The first kappa shape index (κ1) is 13.6. The van der Waals surface area contributed by atoms with E-state index in [0.717, 1.165) is 19.5 Å². The van der Waals surface area contributed by atoms with Gasteiger partial charge in [0.15, 0.2) is 0 Å². The Balaban J connectivity index is 1.90. The van der Waals surface area contributed by atoms with Gasteiger partial charge in [0.05, 0.1) is 12.7 Å². The monoisotopic (exact) mass is 256 g/mol. The highest BCUT2D eigenvalue weighted by molar-refractivity contribution is 5.68. The van der Waals surface area contributed by atoms with E-state index in [-0.39, 0.29) is 12.2 Å². The summed E-state index contributed by atoms with van der Waals surface area (Å²) < 4.78 is 11.1. The number of hydrogen-bond donors (Lipinski definition) is 1. The second kappa shape index (κ2) is 5.05. The van der Waals surface area contributed by atoms with E-state index >= 15 is 0 Å². The highest BCUT2D eigenvalue weighted by Gasteiger charge is 2.41. The van der Waals surface area contributed by atoms with Gasteiger partial charge >= 0.3 is 6.09 Å². The van der Waals surface area contributed by atoms with Gasteiger partial charge in [-0.25, -0.2) is 4.79 Å². The molecule has 0 radical (unpaired) electrons. The van der Waals surface area contributed by atoms with E-state index in [2.05, 4.69) is 0 Å². The first-order valence-corrected chi connectivity index (χ1v) is 6.70. The molecule has 0 aromatic heterocycles. The van der Waals surface area contributed by atoms with Crippen LogP contribution in [0.15, 0.2) is 0 Å². The van der Waals surface area contributed by atoms with Crippen LogP contribution in [0.2, 0.25) is 0 Å². The summed E-state index contributed by atoms with van der Waals surface area (Å²) in [5, 5.41) is 0. The molecule has 2 N–H and O–H groups in total. The van der Waals surface area contributed by atoms with Gasteiger partial charge in [-0.1, -0.05) is 0 Å². The number of piperidine rings is 1. The van der Waals surface area contributed by atoms with Gasteiger partial charge < -0.3 is 20.1 Å². The van der Waals surface area contributed by atoms with Crippen molar-refractivity contribution in [1.82, 2.24) is 4.90 Å². The average Bonchev–Trinajstić information content (AvgIpc) is 2.68. The van der Waals surface area contributed by atoms with Gasteiger partial charge in [-0.2, -0.15) is 0 Å². The summed E-state index contributed by atoms with van der Waals surface area (Å²) in [6.07, 6.45) is 0.930.